The molecule has 1 rings (SSSR count). The Morgan fingerprint density at radius 1 is 1.28 bits per heavy atom. The summed E-state index contributed by atoms with van der Waals surface area (Å²) in [5, 5.41) is 0. The molecule has 0 saturated heterocycles. The van der Waals surface area contributed by atoms with E-state index < -0.39 is 11.7 Å². The van der Waals surface area contributed by atoms with Crippen LogP contribution in [-0.4, -0.2) is 6.04 Å². The summed E-state index contributed by atoms with van der Waals surface area (Å²) in [4.78, 5) is 0. The molecule has 0 heterocycles. The van der Waals surface area contributed by atoms with Gasteiger partial charge in [0, 0.05) is 6.04 Å². The van der Waals surface area contributed by atoms with Gasteiger partial charge in [-0.3, -0.25) is 11.3 Å². The molecule has 2 nitrogen and oxygen atoms in total. The Kier molecular flexibility index (Phi) is 4.93. The van der Waals surface area contributed by atoms with Crippen LogP contribution in [0.4, 0.5) is 13.2 Å². The summed E-state index contributed by atoms with van der Waals surface area (Å²) in [6, 6.07) is 5.06. The fourth-order valence-electron chi connectivity index (χ4n) is 1.65. The van der Waals surface area contributed by atoms with Gasteiger partial charge in [-0.1, -0.05) is 23.8 Å². The first-order valence-electron chi connectivity index (χ1n) is 5.60. The maximum Gasteiger partial charge on any atom is 0.416 e. The van der Waals surface area contributed by atoms with Crippen LogP contribution in [0.5, 0.6) is 0 Å². The van der Waals surface area contributed by atoms with Crippen LogP contribution in [0.3, 0.4) is 0 Å². The molecule has 1 aromatic carbocycles. The number of allylic oxidation sites excluding steroid dienone is 1. The molecule has 1 unspecified atom stereocenters. The maximum atomic E-state index is 12.4. The number of halogens is 3. The Morgan fingerprint density at radius 3 is 2.22 bits per heavy atom. The standard InChI is InChI=1S/C13H17F3N2/c1-9(2)7-12(18-17)8-10-3-5-11(6-4-10)13(14,15)16/h3-7,12,18H,8,17H2,1-2H3. The van der Waals surface area contributed by atoms with Gasteiger partial charge in [-0.15, -0.1) is 0 Å². The Bertz CT molecular complexity index is 403. The van der Waals surface area contributed by atoms with E-state index in [-0.39, 0.29) is 6.04 Å². The second-order valence-electron chi connectivity index (χ2n) is 4.42. The molecule has 1 aromatic rings. The summed E-state index contributed by atoms with van der Waals surface area (Å²) in [6.07, 6.45) is -1.79. The second kappa shape index (κ2) is 6.02. The summed E-state index contributed by atoms with van der Waals surface area (Å²) in [6.45, 7) is 3.88. The largest absolute Gasteiger partial charge is 0.416 e. The van der Waals surface area contributed by atoms with E-state index in [9.17, 15) is 13.2 Å². The molecule has 0 aromatic heterocycles. The van der Waals surface area contributed by atoms with Crippen LogP contribution in [0.15, 0.2) is 35.9 Å². The van der Waals surface area contributed by atoms with Gasteiger partial charge in [0.15, 0.2) is 0 Å². The number of hydrogen-bond acceptors (Lipinski definition) is 2. The molecule has 0 aliphatic rings. The van der Waals surface area contributed by atoms with Crippen molar-refractivity contribution in [1.82, 2.24) is 5.43 Å². The number of hydrazine groups is 1. The summed E-state index contributed by atoms with van der Waals surface area (Å²) in [5.74, 6) is 5.39. The zero-order valence-electron chi connectivity index (χ0n) is 10.4. The molecule has 0 fully saturated rings. The number of nitrogens with two attached hydrogens (primary N) is 1. The van der Waals surface area contributed by atoms with E-state index in [1.54, 1.807) is 0 Å². The van der Waals surface area contributed by atoms with E-state index in [0.717, 1.165) is 23.3 Å². The summed E-state index contributed by atoms with van der Waals surface area (Å²) < 4.78 is 37.1. The summed E-state index contributed by atoms with van der Waals surface area (Å²) in [5.41, 5.74) is 3.90. The predicted molar refractivity (Wildman–Crippen MR) is 65.7 cm³/mol. The first-order valence-corrected chi connectivity index (χ1v) is 5.60. The fraction of sp³-hybridized carbons (Fsp3) is 0.385. The molecule has 1 atom stereocenters. The first-order chi connectivity index (χ1) is 8.32. The van der Waals surface area contributed by atoms with Crippen molar-refractivity contribution in [2.24, 2.45) is 5.84 Å². The van der Waals surface area contributed by atoms with Crippen molar-refractivity contribution in [2.45, 2.75) is 32.5 Å². The SMILES string of the molecule is CC(C)=CC(Cc1ccc(C(F)(F)F)cc1)NN. The molecule has 0 aliphatic heterocycles. The van der Waals surface area contributed by atoms with Gasteiger partial charge in [-0.25, -0.2) is 0 Å². The van der Waals surface area contributed by atoms with E-state index in [4.69, 9.17) is 5.84 Å². The van der Waals surface area contributed by atoms with Crippen molar-refractivity contribution >= 4 is 0 Å². The first kappa shape index (κ1) is 14.7. The summed E-state index contributed by atoms with van der Waals surface area (Å²) >= 11 is 0. The Hall–Kier alpha value is -1.33. The number of rotatable bonds is 4. The minimum atomic E-state index is -4.29. The van der Waals surface area contributed by atoms with Gasteiger partial charge >= 0.3 is 6.18 Å². The zero-order valence-corrected chi connectivity index (χ0v) is 10.4. The number of alkyl halides is 3. The lowest BCUT2D eigenvalue weighted by atomic mass is 10.0. The third-order valence-corrected chi connectivity index (χ3v) is 2.49. The van der Waals surface area contributed by atoms with Crippen LogP contribution < -0.4 is 11.3 Å². The molecule has 0 radical (unpaired) electrons. The van der Waals surface area contributed by atoms with Gasteiger partial charge in [-0.05, 0) is 38.0 Å². The molecule has 0 aliphatic carbocycles. The van der Waals surface area contributed by atoms with Gasteiger partial charge in [-0.2, -0.15) is 13.2 Å². The molecule has 18 heavy (non-hydrogen) atoms. The Balaban J connectivity index is 2.77. The lowest BCUT2D eigenvalue weighted by molar-refractivity contribution is -0.137. The number of benzene rings is 1. The van der Waals surface area contributed by atoms with E-state index in [1.165, 1.54) is 12.1 Å². The zero-order chi connectivity index (χ0) is 13.8. The van der Waals surface area contributed by atoms with Crippen LogP contribution in [0.2, 0.25) is 0 Å². The second-order valence-corrected chi connectivity index (χ2v) is 4.42. The van der Waals surface area contributed by atoms with Crippen molar-refractivity contribution in [3.8, 4) is 0 Å². The van der Waals surface area contributed by atoms with Gasteiger partial charge in [0.1, 0.15) is 0 Å². The lowest BCUT2D eigenvalue weighted by Gasteiger charge is -2.13. The topological polar surface area (TPSA) is 38.0 Å². The molecule has 3 N–H and O–H groups in total. The highest BCUT2D eigenvalue weighted by Crippen LogP contribution is 2.29. The molecule has 0 bridgehead atoms. The number of hydrogen-bond donors (Lipinski definition) is 2. The van der Waals surface area contributed by atoms with E-state index in [1.807, 2.05) is 19.9 Å². The monoisotopic (exact) mass is 258 g/mol. The highest BCUT2D eigenvalue weighted by atomic mass is 19.4. The molecule has 0 saturated carbocycles. The van der Waals surface area contributed by atoms with Gasteiger partial charge < -0.3 is 0 Å². The van der Waals surface area contributed by atoms with Crippen LogP contribution in [0.25, 0.3) is 0 Å². The van der Waals surface area contributed by atoms with Gasteiger partial charge in [0.25, 0.3) is 0 Å². The number of nitrogens with one attached hydrogen (secondary N) is 1. The van der Waals surface area contributed by atoms with E-state index in [0.29, 0.717) is 6.42 Å². The minimum absolute atomic E-state index is 0.0771. The van der Waals surface area contributed by atoms with Crippen molar-refractivity contribution in [2.75, 3.05) is 0 Å². The van der Waals surface area contributed by atoms with Crippen LogP contribution in [-0.2, 0) is 12.6 Å². The van der Waals surface area contributed by atoms with Crippen LogP contribution in [0, 0.1) is 0 Å². The average Bonchev–Trinajstić information content (AvgIpc) is 2.27. The van der Waals surface area contributed by atoms with Crippen LogP contribution in [0.1, 0.15) is 25.0 Å². The lowest BCUT2D eigenvalue weighted by Crippen LogP contribution is -2.35. The molecule has 100 valence electrons. The minimum Gasteiger partial charge on any atom is -0.271 e. The van der Waals surface area contributed by atoms with E-state index >= 15 is 0 Å². The molecule has 0 amide bonds. The van der Waals surface area contributed by atoms with Crippen molar-refractivity contribution < 1.29 is 13.2 Å². The normalized spacial score (nSPS) is 13.2. The molecular formula is C13H17F3N2. The third kappa shape index (κ3) is 4.50. The average molecular weight is 258 g/mol. The highest BCUT2D eigenvalue weighted by Gasteiger charge is 2.29. The van der Waals surface area contributed by atoms with Gasteiger partial charge in [0.2, 0.25) is 0 Å². The van der Waals surface area contributed by atoms with Gasteiger partial charge in [0.05, 0.1) is 5.56 Å². The molecular weight excluding hydrogens is 241 g/mol. The van der Waals surface area contributed by atoms with Crippen molar-refractivity contribution in [1.29, 1.82) is 0 Å². The Morgan fingerprint density at radius 2 is 1.83 bits per heavy atom. The fourth-order valence-corrected chi connectivity index (χ4v) is 1.65. The van der Waals surface area contributed by atoms with E-state index in [2.05, 4.69) is 5.43 Å². The quantitative estimate of drug-likeness (QED) is 0.495. The van der Waals surface area contributed by atoms with Crippen molar-refractivity contribution in [3.05, 3.63) is 47.0 Å². The Labute approximate surface area is 105 Å². The third-order valence-electron chi connectivity index (χ3n) is 2.49. The summed E-state index contributed by atoms with van der Waals surface area (Å²) in [7, 11) is 0. The maximum absolute atomic E-state index is 12.4. The predicted octanol–water partition coefficient (Wildman–Crippen LogP) is 3.05. The van der Waals surface area contributed by atoms with Crippen molar-refractivity contribution in [3.63, 3.8) is 0 Å². The van der Waals surface area contributed by atoms with Crippen LogP contribution >= 0.6 is 0 Å². The smallest absolute Gasteiger partial charge is 0.271 e. The molecule has 0 spiro atoms. The highest BCUT2D eigenvalue weighted by molar-refractivity contribution is 5.26. The molecule has 5 heteroatoms.